The predicted octanol–water partition coefficient (Wildman–Crippen LogP) is 4.36. The van der Waals surface area contributed by atoms with Gasteiger partial charge in [-0.3, -0.25) is 0 Å². The number of carbonyl (C=O) groups excluding carboxylic acids is 2. The van der Waals surface area contributed by atoms with Gasteiger partial charge in [0.05, 0.1) is 12.0 Å². The zero-order valence-electron chi connectivity index (χ0n) is 16.9. The molecule has 0 saturated heterocycles. The Bertz CT molecular complexity index is 1340. The molecule has 0 aliphatic carbocycles. The van der Waals surface area contributed by atoms with Crippen LogP contribution in [0.5, 0.6) is 0 Å². The van der Waals surface area contributed by atoms with Crippen molar-refractivity contribution in [2.75, 3.05) is 12.3 Å². The first kappa shape index (κ1) is 20.7. The predicted molar refractivity (Wildman–Crippen MR) is 112 cm³/mol. The third kappa shape index (κ3) is 3.68. The van der Waals surface area contributed by atoms with Gasteiger partial charge < -0.3 is 24.0 Å². The Morgan fingerprint density at radius 1 is 1.13 bits per heavy atom. The molecule has 3 aromatic heterocycles. The van der Waals surface area contributed by atoms with Crippen LogP contribution in [0.15, 0.2) is 27.0 Å². The molecule has 0 aliphatic heterocycles. The number of nitrogens with zero attached hydrogens (tertiary/aromatic N) is 2. The highest BCUT2D eigenvalue weighted by molar-refractivity contribution is 6.31. The number of halogens is 1. The van der Waals surface area contributed by atoms with Crippen molar-refractivity contribution in [3.63, 3.8) is 0 Å². The topological polar surface area (TPSA) is 131 Å². The first-order valence-corrected chi connectivity index (χ1v) is 9.76. The third-order valence-electron chi connectivity index (χ3n) is 4.70. The fraction of sp³-hybridized carbons (Fsp3) is 0.238. The summed E-state index contributed by atoms with van der Waals surface area (Å²) in [6.45, 7) is 4.96. The van der Waals surface area contributed by atoms with E-state index in [1.54, 1.807) is 39.0 Å². The molecule has 0 bridgehead atoms. The number of hydrogen-bond donors (Lipinski definition) is 1. The lowest BCUT2D eigenvalue weighted by Gasteiger charge is -2.05. The number of furan rings is 2. The number of aryl methyl sites for hydroxylation is 2. The van der Waals surface area contributed by atoms with Gasteiger partial charge in [0, 0.05) is 16.0 Å². The molecule has 0 aliphatic rings. The minimum Gasteiger partial charge on any atom is -0.462 e. The van der Waals surface area contributed by atoms with Crippen molar-refractivity contribution in [3.05, 3.63) is 51.7 Å². The van der Waals surface area contributed by atoms with Crippen molar-refractivity contribution in [1.29, 1.82) is 0 Å². The Morgan fingerprint density at radius 2 is 1.90 bits per heavy atom. The molecule has 0 unspecified atom stereocenters. The Hall–Kier alpha value is -3.59. The highest BCUT2D eigenvalue weighted by atomic mass is 35.5. The molecule has 9 nitrogen and oxygen atoms in total. The summed E-state index contributed by atoms with van der Waals surface area (Å²) >= 11 is 6.01. The average molecular weight is 444 g/mol. The lowest BCUT2D eigenvalue weighted by atomic mass is 10.1. The molecule has 0 saturated carbocycles. The van der Waals surface area contributed by atoms with Crippen molar-refractivity contribution in [2.24, 2.45) is 0 Å². The Kier molecular flexibility index (Phi) is 5.28. The van der Waals surface area contributed by atoms with Gasteiger partial charge >= 0.3 is 11.9 Å². The van der Waals surface area contributed by atoms with E-state index in [9.17, 15) is 9.59 Å². The second kappa shape index (κ2) is 7.92. The van der Waals surface area contributed by atoms with Crippen LogP contribution in [0.1, 0.15) is 45.0 Å². The molecule has 4 rings (SSSR count). The molecule has 0 fully saturated rings. The highest BCUT2D eigenvalue weighted by Gasteiger charge is 2.25. The molecule has 160 valence electrons. The van der Waals surface area contributed by atoms with Crippen LogP contribution in [0, 0.1) is 13.8 Å². The standard InChI is InChI=1S/C21H18ClN3O6/c1-4-28-20(26)15-10(3)30-19-16(15)18(23)24-14(25-19)8-29-21(27)17-9(2)12-7-11(22)5-6-13(12)31-17/h5-7H,4,8H2,1-3H3,(H2,23,24,25). The summed E-state index contributed by atoms with van der Waals surface area (Å²) in [5.74, 6) is -0.765. The van der Waals surface area contributed by atoms with E-state index in [1.807, 2.05) is 0 Å². The van der Waals surface area contributed by atoms with Crippen molar-refractivity contribution < 1.29 is 27.9 Å². The van der Waals surface area contributed by atoms with E-state index in [2.05, 4.69) is 9.97 Å². The van der Waals surface area contributed by atoms with E-state index in [-0.39, 0.29) is 47.3 Å². The molecule has 0 spiro atoms. The third-order valence-corrected chi connectivity index (χ3v) is 4.93. The van der Waals surface area contributed by atoms with Crippen molar-refractivity contribution in [1.82, 2.24) is 9.97 Å². The number of esters is 2. The molecule has 1 aromatic carbocycles. The second-order valence-corrected chi connectivity index (χ2v) is 7.17. The summed E-state index contributed by atoms with van der Waals surface area (Å²) in [4.78, 5) is 33.1. The van der Waals surface area contributed by atoms with Crippen LogP contribution in [-0.2, 0) is 16.1 Å². The molecular weight excluding hydrogens is 426 g/mol. The number of anilines is 1. The summed E-state index contributed by atoms with van der Waals surface area (Å²) in [5.41, 5.74) is 7.43. The van der Waals surface area contributed by atoms with Gasteiger partial charge in [-0.25, -0.2) is 14.6 Å². The molecule has 4 aromatic rings. The molecule has 0 atom stereocenters. The zero-order valence-corrected chi connectivity index (χ0v) is 17.7. The van der Waals surface area contributed by atoms with Crippen molar-refractivity contribution in [3.8, 4) is 0 Å². The van der Waals surface area contributed by atoms with Crippen LogP contribution in [0.2, 0.25) is 5.02 Å². The van der Waals surface area contributed by atoms with Gasteiger partial charge in [0.25, 0.3) is 0 Å². The van der Waals surface area contributed by atoms with Crippen LogP contribution in [0.4, 0.5) is 5.82 Å². The molecular formula is C21H18ClN3O6. The quantitative estimate of drug-likeness (QED) is 0.447. The number of nitrogens with two attached hydrogens (primary N) is 1. The molecule has 31 heavy (non-hydrogen) atoms. The molecule has 10 heteroatoms. The maximum absolute atomic E-state index is 12.5. The van der Waals surface area contributed by atoms with E-state index >= 15 is 0 Å². The number of rotatable bonds is 5. The lowest BCUT2D eigenvalue weighted by Crippen LogP contribution is -2.10. The summed E-state index contributed by atoms with van der Waals surface area (Å²) in [5, 5.41) is 1.51. The Morgan fingerprint density at radius 3 is 2.65 bits per heavy atom. The summed E-state index contributed by atoms with van der Waals surface area (Å²) in [6.07, 6.45) is 0. The number of nitrogen functional groups attached to an aromatic ring is 1. The largest absolute Gasteiger partial charge is 0.462 e. The first-order valence-electron chi connectivity index (χ1n) is 9.38. The minimum absolute atomic E-state index is 0.0190. The summed E-state index contributed by atoms with van der Waals surface area (Å²) < 4.78 is 21.5. The van der Waals surface area contributed by atoms with E-state index in [0.717, 1.165) is 5.39 Å². The van der Waals surface area contributed by atoms with Gasteiger partial charge in [-0.15, -0.1) is 0 Å². The Balaban J connectivity index is 1.59. The van der Waals surface area contributed by atoms with E-state index in [0.29, 0.717) is 21.9 Å². The SMILES string of the molecule is CCOC(=O)c1c(C)oc2nc(COC(=O)c3oc4ccc(Cl)cc4c3C)nc(N)c12. The minimum atomic E-state index is -0.685. The number of benzene rings is 1. The van der Waals surface area contributed by atoms with Gasteiger partial charge in [-0.1, -0.05) is 11.6 Å². The van der Waals surface area contributed by atoms with Gasteiger partial charge in [-0.05, 0) is 39.0 Å². The smallest absolute Gasteiger partial charge is 0.375 e. The van der Waals surface area contributed by atoms with Crippen LogP contribution in [0.25, 0.3) is 22.1 Å². The van der Waals surface area contributed by atoms with Gasteiger partial charge in [0.2, 0.25) is 11.5 Å². The van der Waals surface area contributed by atoms with Crippen LogP contribution >= 0.6 is 11.6 Å². The van der Waals surface area contributed by atoms with Crippen LogP contribution < -0.4 is 5.73 Å². The fourth-order valence-corrected chi connectivity index (χ4v) is 3.45. The number of fused-ring (bicyclic) bond motifs is 2. The normalized spacial score (nSPS) is 11.2. The lowest BCUT2D eigenvalue weighted by molar-refractivity contribution is 0.0426. The summed E-state index contributed by atoms with van der Waals surface area (Å²) in [6, 6.07) is 5.06. The van der Waals surface area contributed by atoms with E-state index in [1.165, 1.54) is 0 Å². The number of hydrogen-bond acceptors (Lipinski definition) is 9. The van der Waals surface area contributed by atoms with Crippen LogP contribution in [0.3, 0.4) is 0 Å². The molecule has 2 N–H and O–H groups in total. The monoisotopic (exact) mass is 443 g/mol. The number of ether oxygens (including phenoxy) is 2. The highest BCUT2D eigenvalue weighted by Crippen LogP contribution is 2.30. The van der Waals surface area contributed by atoms with Gasteiger partial charge in [-0.2, -0.15) is 4.98 Å². The van der Waals surface area contributed by atoms with Crippen LogP contribution in [-0.4, -0.2) is 28.5 Å². The maximum atomic E-state index is 12.5. The molecule has 0 radical (unpaired) electrons. The van der Waals surface area contributed by atoms with E-state index in [4.69, 9.17) is 35.6 Å². The summed E-state index contributed by atoms with van der Waals surface area (Å²) in [7, 11) is 0. The first-order chi connectivity index (χ1) is 14.8. The number of aromatic nitrogens is 2. The van der Waals surface area contributed by atoms with Gasteiger partial charge in [0.15, 0.2) is 12.4 Å². The van der Waals surface area contributed by atoms with Crippen molar-refractivity contribution in [2.45, 2.75) is 27.4 Å². The van der Waals surface area contributed by atoms with E-state index < -0.39 is 11.9 Å². The molecule has 0 amide bonds. The Labute approximate surface area is 181 Å². The van der Waals surface area contributed by atoms with Gasteiger partial charge in [0.1, 0.15) is 22.7 Å². The van der Waals surface area contributed by atoms with Crippen molar-refractivity contribution >= 4 is 51.4 Å². The average Bonchev–Trinajstić information content (AvgIpc) is 3.23. The molecule has 3 heterocycles. The second-order valence-electron chi connectivity index (χ2n) is 6.73. The zero-order chi connectivity index (χ0) is 22.3. The fourth-order valence-electron chi connectivity index (χ4n) is 3.28. The maximum Gasteiger partial charge on any atom is 0.375 e. The number of carbonyl (C=O) groups is 2.